The van der Waals surface area contributed by atoms with Crippen molar-refractivity contribution in [2.45, 2.75) is 45.1 Å². The van der Waals surface area contributed by atoms with Crippen molar-refractivity contribution < 1.29 is 4.79 Å². The monoisotopic (exact) mass is 411 g/mol. The fourth-order valence-corrected chi connectivity index (χ4v) is 5.12. The first-order valence-corrected chi connectivity index (χ1v) is 11.1. The van der Waals surface area contributed by atoms with Gasteiger partial charge in [0.15, 0.2) is 5.69 Å². The van der Waals surface area contributed by atoms with Gasteiger partial charge in [-0.15, -0.1) is 0 Å². The molecule has 1 N–H and O–H groups in total. The quantitative estimate of drug-likeness (QED) is 0.539. The van der Waals surface area contributed by atoms with Crippen molar-refractivity contribution in [3.05, 3.63) is 76.9 Å². The molecular formula is C25H25N5O. The van der Waals surface area contributed by atoms with Gasteiger partial charge in [-0.25, -0.2) is 9.67 Å². The summed E-state index contributed by atoms with van der Waals surface area (Å²) >= 11 is 0. The minimum absolute atomic E-state index is 0.0286. The third-order valence-corrected chi connectivity index (χ3v) is 6.62. The van der Waals surface area contributed by atoms with Gasteiger partial charge in [-0.2, -0.15) is 5.10 Å². The minimum atomic E-state index is -0.0286. The SMILES string of the molecule is Cc1ccc2nc(C3CCCN3C(=O)c3nn(-c4ccccc4)c4c3CCC4)[nH]c2c1. The third-order valence-electron chi connectivity index (χ3n) is 6.62. The minimum Gasteiger partial charge on any atom is -0.340 e. The van der Waals surface area contributed by atoms with Gasteiger partial charge in [-0.3, -0.25) is 4.79 Å². The molecule has 31 heavy (non-hydrogen) atoms. The zero-order valence-corrected chi connectivity index (χ0v) is 17.6. The summed E-state index contributed by atoms with van der Waals surface area (Å²) in [6.45, 7) is 2.82. The Hall–Kier alpha value is -3.41. The number of para-hydroxylation sites is 1. The van der Waals surface area contributed by atoms with E-state index in [1.807, 2.05) is 33.8 Å². The van der Waals surface area contributed by atoms with Gasteiger partial charge in [0.1, 0.15) is 5.82 Å². The first-order valence-electron chi connectivity index (χ1n) is 11.1. The molecule has 1 saturated heterocycles. The number of rotatable bonds is 3. The van der Waals surface area contributed by atoms with E-state index in [2.05, 4.69) is 36.2 Å². The first kappa shape index (κ1) is 18.4. The van der Waals surface area contributed by atoms with E-state index in [0.29, 0.717) is 5.69 Å². The van der Waals surface area contributed by atoms with E-state index in [1.54, 1.807) is 0 Å². The summed E-state index contributed by atoms with van der Waals surface area (Å²) in [5, 5.41) is 4.82. The van der Waals surface area contributed by atoms with E-state index in [-0.39, 0.29) is 11.9 Å². The number of nitrogens with zero attached hydrogens (tertiary/aromatic N) is 4. The molecule has 6 nitrogen and oxygen atoms in total. The predicted octanol–water partition coefficient (Wildman–Crippen LogP) is 4.52. The average molecular weight is 412 g/mol. The van der Waals surface area contributed by atoms with Crippen LogP contribution in [-0.2, 0) is 12.8 Å². The Morgan fingerprint density at radius 3 is 2.84 bits per heavy atom. The highest BCUT2D eigenvalue weighted by Crippen LogP contribution is 2.35. The van der Waals surface area contributed by atoms with Gasteiger partial charge >= 0.3 is 0 Å². The largest absolute Gasteiger partial charge is 0.340 e. The second kappa shape index (κ2) is 7.08. The van der Waals surface area contributed by atoms with E-state index in [1.165, 1.54) is 11.3 Å². The Morgan fingerprint density at radius 2 is 1.97 bits per heavy atom. The molecule has 6 rings (SSSR count). The van der Waals surface area contributed by atoms with Gasteiger partial charge in [0.2, 0.25) is 0 Å². The van der Waals surface area contributed by atoms with Gasteiger partial charge in [0, 0.05) is 17.8 Å². The number of aromatic amines is 1. The van der Waals surface area contributed by atoms with E-state index < -0.39 is 0 Å². The molecule has 1 unspecified atom stereocenters. The standard InChI is InChI=1S/C25H25N5O/c1-16-12-13-19-20(15-16)27-24(26-19)22-11-6-14-29(22)25(31)23-18-9-5-10-21(18)30(28-23)17-7-3-2-4-8-17/h2-4,7-8,12-13,15,22H,5-6,9-11,14H2,1H3,(H,26,27). The molecule has 1 aliphatic carbocycles. The first-order chi connectivity index (χ1) is 15.2. The fourth-order valence-electron chi connectivity index (χ4n) is 5.12. The number of aryl methyl sites for hydroxylation is 1. The number of fused-ring (bicyclic) bond motifs is 2. The molecule has 4 aromatic rings. The number of carbonyl (C=O) groups excluding carboxylic acids is 1. The fraction of sp³-hybridized carbons (Fsp3) is 0.320. The summed E-state index contributed by atoms with van der Waals surface area (Å²) in [6, 6.07) is 16.3. The number of hydrogen-bond donors (Lipinski definition) is 1. The molecule has 0 radical (unpaired) electrons. The molecule has 3 heterocycles. The summed E-state index contributed by atoms with van der Waals surface area (Å²) in [7, 11) is 0. The van der Waals surface area contributed by atoms with Crippen molar-refractivity contribution in [3.63, 3.8) is 0 Å². The van der Waals surface area contributed by atoms with Gasteiger partial charge in [0.05, 0.1) is 22.8 Å². The van der Waals surface area contributed by atoms with Crippen LogP contribution in [0.1, 0.15) is 58.4 Å². The molecule has 0 spiro atoms. The summed E-state index contributed by atoms with van der Waals surface area (Å²) in [5.74, 6) is 0.914. The Bertz CT molecular complexity index is 1290. The Kier molecular flexibility index (Phi) is 4.19. The second-order valence-corrected chi connectivity index (χ2v) is 8.67. The van der Waals surface area contributed by atoms with Crippen molar-refractivity contribution in [1.29, 1.82) is 0 Å². The van der Waals surface area contributed by atoms with Crippen molar-refractivity contribution in [2.75, 3.05) is 6.54 Å². The van der Waals surface area contributed by atoms with Gasteiger partial charge in [0.25, 0.3) is 5.91 Å². The number of aromatic nitrogens is 4. The molecule has 156 valence electrons. The van der Waals surface area contributed by atoms with Crippen LogP contribution in [0.15, 0.2) is 48.5 Å². The lowest BCUT2D eigenvalue weighted by Crippen LogP contribution is -2.32. The Balaban J connectivity index is 1.37. The number of nitrogens with one attached hydrogen (secondary N) is 1. The maximum atomic E-state index is 13.7. The highest BCUT2D eigenvalue weighted by Gasteiger charge is 2.36. The van der Waals surface area contributed by atoms with Crippen LogP contribution in [0.2, 0.25) is 0 Å². The summed E-state index contributed by atoms with van der Waals surface area (Å²) < 4.78 is 1.98. The van der Waals surface area contributed by atoms with Crippen LogP contribution >= 0.6 is 0 Å². The molecule has 1 fully saturated rings. The number of imidazole rings is 1. The zero-order chi connectivity index (χ0) is 20.9. The number of carbonyl (C=O) groups is 1. The van der Waals surface area contributed by atoms with Crippen LogP contribution in [0.4, 0.5) is 0 Å². The highest BCUT2D eigenvalue weighted by molar-refractivity contribution is 5.95. The number of benzene rings is 2. The summed E-state index contributed by atoms with van der Waals surface area (Å²) in [6.07, 6.45) is 4.87. The van der Waals surface area contributed by atoms with Crippen LogP contribution < -0.4 is 0 Å². The van der Waals surface area contributed by atoms with Gasteiger partial charge in [-0.05, 0) is 68.9 Å². The van der Waals surface area contributed by atoms with Crippen molar-refractivity contribution in [3.8, 4) is 5.69 Å². The van der Waals surface area contributed by atoms with Crippen LogP contribution in [0.25, 0.3) is 16.7 Å². The van der Waals surface area contributed by atoms with Crippen molar-refractivity contribution in [1.82, 2.24) is 24.6 Å². The summed E-state index contributed by atoms with van der Waals surface area (Å²) in [5.41, 5.74) is 7.13. The predicted molar refractivity (Wildman–Crippen MR) is 119 cm³/mol. The highest BCUT2D eigenvalue weighted by atomic mass is 16.2. The molecule has 6 heteroatoms. The Labute approximate surface area is 180 Å². The topological polar surface area (TPSA) is 66.8 Å². The normalized spacial score (nSPS) is 18.1. The maximum absolute atomic E-state index is 13.7. The number of hydrogen-bond acceptors (Lipinski definition) is 3. The number of amides is 1. The summed E-state index contributed by atoms with van der Waals surface area (Å²) in [4.78, 5) is 24.0. The second-order valence-electron chi connectivity index (χ2n) is 8.67. The lowest BCUT2D eigenvalue weighted by atomic mass is 10.1. The lowest BCUT2D eigenvalue weighted by Gasteiger charge is -2.22. The van der Waals surface area contributed by atoms with Crippen molar-refractivity contribution in [2.24, 2.45) is 0 Å². The molecule has 0 saturated carbocycles. The maximum Gasteiger partial charge on any atom is 0.275 e. The lowest BCUT2D eigenvalue weighted by molar-refractivity contribution is 0.0723. The third kappa shape index (κ3) is 2.97. The van der Waals surface area contributed by atoms with Gasteiger partial charge < -0.3 is 9.88 Å². The van der Waals surface area contributed by atoms with E-state index >= 15 is 0 Å². The number of likely N-dealkylation sites (tertiary alicyclic amines) is 1. The molecule has 1 atom stereocenters. The molecule has 2 aliphatic rings. The van der Waals surface area contributed by atoms with Crippen molar-refractivity contribution >= 4 is 16.9 Å². The zero-order valence-electron chi connectivity index (χ0n) is 17.6. The molecule has 1 amide bonds. The molecule has 2 aromatic carbocycles. The van der Waals surface area contributed by atoms with E-state index in [4.69, 9.17) is 10.1 Å². The molecule has 0 bridgehead atoms. The van der Waals surface area contributed by atoms with Gasteiger partial charge in [-0.1, -0.05) is 24.3 Å². The molecule has 1 aliphatic heterocycles. The smallest absolute Gasteiger partial charge is 0.275 e. The van der Waals surface area contributed by atoms with Crippen LogP contribution in [0.3, 0.4) is 0 Å². The average Bonchev–Trinajstić information content (AvgIpc) is 3.56. The molecular weight excluding hydrogens is 386 g/mol. The van der Waals surface area contributed by atoms with E-state index in [9.17, 15) is 4.79 Å². The number of H-pyrrole nitrogens is 1. The van der Waals surface area contributed by atoms with E-state index in [0.717, 1.165) is 66.8 Å². The Morgan fingerprint density at radius 1 is 1.10 bits per heavy atom. The molecule has 2 aromatic heterocycles. The van der Waals surface area contributed by atoms with Crippen LogP contribution in [-0.4, -0.2) is 37.1 Å². The van der Waals surface area contributed by atoms with Crippen LogP contribution in [0.5, 0.6) is 0 Å². The van der Waals surface area contributed by atoms with Crippen LogP contribution in [0, 0.1) is 6.92 Å².